The van der Waals surface area contributed by atoms with Crippen LogP contribution in [0.25, 0.3) is 10.9 Å². The number of fused-ring (bicyclic) bond motifs is 1. The summed E-state index contributed by atoms with van der Waals surface area (Å²) >= 11 is 0. The molecule has 0 spiro atoms. The molecule has 0 radical (unpaired) electrons. The zero-order valence-electron chi connectivity index (χ0n) is 15.2. The molecule has 1 saturated heterocycles. The van der Waals surface area contributed by atoms with E-state index in [9.17, 15) is 4.79 Å². The smallest absolute Gasteiger partial charge is 0.236 e. The van der Waals surface area contributed by atoms with Crippen molar-refractivity contribution in [1.29, 1.82) is 0 Å². The van der Waals surface area contributed by atoms with Crippen LogP contribution in [0.15, 0.2) is 60.7 Å². The largest absolute Gasteiger partial charge is 0.357 e. The maximum atomic E-state index is 13.5. The van der Waals surface area contributed by atoms with E-state index in [-0.39, 0.29) is 11.8 Å². The molecular weight excluding hydrogens is 322 g/mol. The quantitative estimate of drug-likeness (QED) is 0.785. The normalized spacial score (nSPS) is 16.7. The van der Waals surface area contributed by atoms with Gasteiger partial charge in [-0.1, -0.05) is 55.5 Å². The van der Waals surface area contributed by atoms with E-state index in [4.69, 9.17) is 0 Å². The van der Waals surface area contributed by atoms with Crippen molar-refractivity contribution in [2.75, 3.05) is 32.7 Å². The number of amides is 1. The van der Waals surface area contributed by atoms with Crippen LogP contribution in [0.5, 0.6) is 0 Å². The van der Waals surface area contributed by atoms with Gasteiger partial charge in [0.25, 0.3) is 0 Å². The lowest BCUT2D eigenvalue weighted by molar-refractivity contribution is -0.133. The maximum absolute atomic E-state index is 13.5. The average Bonchev–Trinajstić information content (AvgIpc) is 3.12. The topological polar surface area (TPSA) is 39.3 Å². The highest BCUT2D eigenvalue weighted by Gasteiger charge is 2.30. The summed E-state index contributed by atoms with van der Waals surface area (Å²) in [5.41, 5.74) is 3.09. The number of likely N-dealkylation sites (N-methyl/N-ethyl adjacent to an activating group) is 1. The van der Waals surface area contributed by atoms with Crippen molar-refractivity contribution < 1.29 is 4.79 Å². The van der Waals surface area contributed by atoms with Gasteiger partial charge in [-0.15, -0.1) is 0 Å². The SMILES string of the molecule is CCN1CCN(C(=O)C(c2ccccc2)c2cc3ccccc3[nH]2)CC1. The third-order valence-electron chi connectivity index (χ3n) is 5.37. The second-order valence-electron chi connectivity index (χ2n) is 6.92. The number of carbonyl (C=O) groups is 1. The molecule has 1 aliphatic rings. The molecule has 1 aliphatic heterocycles. The Balaban J connectivity index is 1.68. The van der Waals surface area contributed by atoms with Gasteiger partial charge in [0, 0.05) is 37.4 Å². The van der Waals surface area contributed by atoms with E-state index in [1.807, 2.05) is 35.2 Å². The molecule has 4 rings (SSSR count). The third-order valence-corrected chi connectivity index (χ3v) is 5.37. The number of nitrogens with zero attached hydrogens (tertiary/aromatic N) is 2. The Kier molecular flexibility index (Phi) is 4.76. The molecule has 0 bridgehead atoms. The lowest BCUT2D eigenvalue weighted by Crippen LogP contribution is -2.49. The van der Waals surface area contributed by atoms with Crippen LogP contribution in [0.1, 0.15) is 24.1 Å². The number of para-hydroxylation sites is 1. The predicted molar refractivity (Wildman–Crippen MR) is 105 cm³/mol. The summed E-state index contributed by atoms with van der Waals surface area (Å²) in [7, 11) is 0. The first-order valence-corrected chi connectivity index (χ1v) is 9.40. The van der Waals surface area contributed by atoms with Gasteiger partial charge >= 0.3 is 0 Å². The van der Waals surface area contributed by atoms with E-state index in [1.165, 1.54) is 0 Å². The Morgan fingerprint density at radius 2 is 1.69 bits per heavy atom. The van der Waals surface area contributed by atoms with E-state index < -0.39 is 0 Å². The summed E-state index contributed by atoms with van der Waals surface area (Å²) in [5, 5.41) is 1.15. The van der Waals surface area contributed by atoms with Gasteiger partial charge in [0.05, 0.1) is 0 Å². The van der Waals surface area contributed by atoms with Gasteiger partial charge in [0.2, 0.25) is 5.91 Å². The minimum Gasteiger partial charge on any atom is -0.357 e. The maximum Gasteiger partial charge on any atom is 0.236 e. The van der Waals surface area contributed by atoms with Gasteiger partial charge in [-0.2, -0.15) is 0 Å². The lowest BCUT2D eigenvalue weighted by atomic mass is 9.93. The van der Waals surface area contributed by atoms with Crippen molar-refractivity contribution in [2.24, 2.45) is 0 Å². The molecule has 1 N–H and O–H groups in total. The molecule has 1 aromatic heterocycles. The highest BCUT2D eigenvalue weighted by molar-refractivity contribution is 5.89. The van der Waals surface area contributed by atoms with Gasteiger partial charge in [-0.05, 0) is 29.6 Å². The predicted octanol–water partition coefficient (Wildman–Crippen LogP) is 3.46. The standard InChI is InChI=1S/C22H25N3O/c1-2-24-12-14-25(15-13-24)22(26)21(17-8-4-3-5-9-17)20-16-18-10-6-7-11-19(18)23-20/h3-11,16,21,23H,2,12-15H2,1H3. The minimum atomic E-state index is -0.281. The van der Waals surface area contributed by atoms with Gasteiger partial charge in [-0.3, -0.25) is 4.79 Å². The van der Waals surface area contributed by atoms with Crippen LogP contribution in [0.3, 0.4) is 0 Å². The van der Waals surface area contributed by atoms with Crippen molar-refractivity contribution in [1.82, 2.24) is 14.8 Å². The van der Waals surface area contributed by atoms with Crippen molar-refractivity contribution in [2.45, 2.75) is 12.8 Å². The molecule has 26 heavy (non-hydrogen) atoms. The fraction of sp³-hybridized carbons (Fsp3) is 0.318. The Hall–Kier alpha value is -2.59. The van der Waals surface area contributed by atoms with Gasteiger partial charge < -0.3 is 14.8 Å². The van der Waals surface area contributed by atoms with E-state index >= 15 is 0 Å². The fourth-order valence-corrected chi connectivity index (χ4v) is 3.82. The minimum absolute atomic E-state index is 0.193. The molecule has 2 heterocycles. The first kappa shape index (κ1) is 16.9. The number of carbonyl (C=O) groups excluding carboxylic acids is 1. The Bertz CT molecular complexity index is 846. The second-order valence-corrected chi connectivity index (χ2v) is 6.92. The highest BCUT2D eigenvalue weighted by atomic mass is 16.2. The number of benzene rings is 2. The van der Waals surface area contributed by atoms with Crippen molar-refractivity contribution in [3.63, 3.8) is 0 Å². The summed E-state index contributed by atoms with van der Waals surface area (Å²) < 4.78 is 0. The zero-order chi connectivity index (χ0) is 17.9. The Morgan fingerprint density at radius 3 is 2.38 bits per heavy atom. The summed E-state index contributed by atoms with van der Waals surface area (Å²) in [6, 6.07) is 20.4. The summed E-state index contributed by atoms with van der Waals surface area (Å²) in [6.07, 6.45) is 0. The molecule has 0 saturated carbocycles. The summed E-state index contributed by atoms with van der Waals surface area (Å²) in [6.45, 7) is 6.74. The van der Waals surface area contributed by atoms with Crippen LogP contribution >= 0.6 is 0 Å². The first-order chi connectivity index (χ1) is 12.8. The molecule has 3 aromatic rings. The van der Waals surface area contributed by atoms with Crippen molar-refractivity contribution in [3.05, 3.63) is 71.9 Å². The number of rotatable bonds is 4. The highest BCUT2D eigenvalue weighted by Crippen LogP contribution is 2.29. The van der Waals surface area contributed by atoms with Gasteiger partial charge in [0.1, 0.15) is 5.92 Å². The molecule has 1 unspecified atom stereocenters. The third kappa shape index (κ3) is 3.25. The molecule has 4 nitrogen and oxygen atoms in total. The number of piperazine rings is 1. The number of H-pyrrole nitrogens is 1. The van der Waals surface area contributed by atoms with Crippen LogP contribution in [0, 0.1) is 0 Å². The van der Waals surface area contributed by atoms with Crippen LogP contribution in [0.4, 0.5) is 0 Å². The van der Waals surface area contributed by atoms with E-state index in [0.717, 1.165) is 54.9 Å². The Morgan fingerprint density at radius 1 is 1.00 bits per heavy atom. The fourth-order valence-electron chi connectivity index (χ4n) is 3.82. The van der Waals surface area contributed by atoms with Crippen LogP contribution in [-0.4, -0.2) is 53.4 Å². The number of hydrogen-bond acceptors (Lipinski definition) is 2. The molecule has 2 aromatic carbocycles. The van der Waals surface area contributed by atoms with Crippen molar-refractivity contribution >= 4 is 16.8 Å². The van der Waals surface area contributed by atoms with Crippen LogP contribution in [0.2, 0.25) is 0 Å². The second kappa shape index (κ2) is 7.34. The number of hydrogen-bond donors (Lipinski definition) is 1. The van der Waals surface area contributed by atoms with Gasteiger partial charge in [0.15, 0.2) is 0 Å². The van der Waals surface area contributed by atoms with E-state index in [1.54, 1.807) is 0 Å². The molecule has 134 valence electrons. The molecule has 0 aliphatic carbocycles. The number of nitrogens with one attached hydrogen (secondary N) is 1. The zero-order valence-corrected chi connectivity index (χ0v) is 15.2. The number of aromatic nitrogens is 1. The van der Waals surface area contributed by atoms with Gasteiger partial charge in [-0.25, -0.2) is 0 Å². The molecule has 4 heteroatoms. The lowest BCUT2D eigenvalue weighted by Gasteiger charge is -2.36. The van der Waals surface area contributed by atoms with Crippen LogP contribution in [-0.2, 0) is 4.79 Å². The molecule has 1 amide bonds. The number of aromatic amines is 1. The van der Waals surface area contributed by atoms with Crippen LogP contribution < -0.4 is 0 Å². The monoisotopic (exact) mass is 347 g/mol. The molecule has 1 atom stereocenters. The molecule has 1 fully saturated rings. The Labute approximate surface area is 154 Å². The summed E-state index contributed by atoms with van der Waals surface area (Å²) in [4.78, 5) is 21.4. The first-order valence-electron chi connectivity index (χ1n) is 9.40. The molecular formula is C22H25N3O. The van der Waals surface area contributed by atoms with E-state index in [2.05, 4.69) is 47.1 Å². The van der Waals surface area contributed by atoms with Crippen molar-refractivity contribution in [3.8, 4) is 0 Å². The average molecular weight is 347 g/mol. The van der Waals surface area contributed by atoms with E-state index in [0.29, 0.717) is 0 Å². The summed E-state index contributed by atoms with van der Waals surface area (Å²) in [5.74, 6) is -0.0877.